The SMILES string of the molecule is COc1cc(CCN2CCN3CC(c4ccc5c(c4C)COC5=O)N(C(=O)OC(C)(C)C)CC3C2)ccc1C#N. The molecule has 5 rings (SSSR count). The van der Waals surface area contributed by atoms with Crippen molar-refractivity contribution < 1.29 is 23.8 Å². The van der Waals surface area contributed by atoms with Gasteiger partial charge in [0.1, 0.15) is 24.0 Å². The van der Waals surface area contributed by atoms with E-state index < -0.39 is 5.60 Å². The summed E-state index contributed by atoms with van der Waals surface area (Å²) in [6.45, 7) is 12.8. The van der Waals surface area contributed by atoms with Gasteiger partial charge < -0.3 is 19.1 Å². The van der Waals surface area contributed by atoms with E-state index in [4.69, 9.17) is 14.2 Å². The summed E-state index contributed by atoms with van der Waals surface area (Å²) in [5, 5.41) is 9.27. The molecular weight excluding hydrogens is 508 g/mol. The Balaban J connectivity index is 1.33. The van der Waals surface area contributed by atoms with Crippen LogP contribution in [0.25, 0.3) is 0 Å². The summed E-state index contributed by atoms with van der Waals surface area (Å²) < 4.78 is 16.5. The Morgan fingerprint density at radius 3 is 2.67 bits per heavy atom. The fourth-order valence-electron chi connectivity index (χ4n) is 6.04. The zero-order valence-corrected chi connectivity index (χ0v) is 24.0. The van der Waals surface area contributed by atoms with Crippen LogP contribution >= 0.6 is 0 Å². The standard InChI is InChI=1S/C31H38N4O5/c1-20-24(8-9-25-26(20)19-39-29(25)36)27-18-34-13-12-33(11-10-21-6-7-22(15-32)28(14-21)38-5)16-23(34)17-35(27)30(37)40-31(2,3)4/h6-9,14,23,27H,10-13,16-19H2,1-5H3. The second-order valence-electron chi connectivity index (χ2n) is 11.9. The summed E-state index contributed by atoms with van der Waals surface area (Å²) in [6, 6.07) is 11.7. The van der Waals surface area contributed by atoms with Gasteiger partial charge in [0.05, 0.1) is 24.3 Å². The summed E-state index contributed by atoms with van der Waals surface area (Å²) in [6.07, 6.45) is 0.536. The molecule has 2 atom stereocenters. The molecular formula is C31H38N4O5. The highest BCUT2D eigenvalue weighted by Gasteiger charge is 2.42. The highest BCUT2D eigenvalue weighted by Crippen LogP contribution is 2.36. The summed E-state index contributed by atoms with van der Waals surface area (Å²) in [5.41, 5.74) is 4.65. The molecule has 0 N–H and O–H groups in total. The number of benzene rings is 2. The number of methoxy groups -OCH3 is 1. The Morgan fingerprint density at radius 1 is 1.15 bits per heavy atom. The van der Waals surface area contributed by atoms with E-state index in [2.05, 4.69) is 15.9 Å². The lowest BCUT2D eigenvalue weighted by Crippen LogP contribution is -2.63. The monoisotopic (exact) mass is 546 g/mol. The number of hydrogen-bond donors (Lipinski definition) is 0. The number of fused-ring (bicyclic) bond motifs is 2. The van der Waals surface area contributed by atoms with E-state index in [-0.39, 0.29) is 30.8 Å². The maximum absolute atomic E-state index is 13.5. The molecule has 3 heterocycles. The first-order chi connectivity index (χ1) is 19.1. The van der Waals surface area contributed by atoms with Crippen molar-refractivity contribution in [2.75, 3.05) is 46.4 Å². The number of carbonyl (C=O) groups is 2. The van der Waals surface area contributed by atoms with Crippen LogP contribution in [0.3, 0.4) is 0 Å². The van der Waals surface area contributed by atoms with Crippen LogP contribution in [0.5, 0.6) is 5.75 Å². The number of esters is 1. The number of cyclic esters (lactones) is 1. The number of nitriles is 1. The molecule has 3 aliphatic heterocycles. The molecule has 9 heteroatoms. The topological polar surface area (TPSA) is 95.3 Å². The molecule has 9 nitrogen and oxygen atoms in total. The molecule has 40 heavy (non-hydrogen) atoms. The largest absolute Gasteiger partial charge is 0.495 e. The van der Waals surface area contributed by atoms with Gasteiger partial charge in [-0.1, -0.05) is 12.1 Å². The van der Waals surface area contributed by atoms with Crippen LogP contribution in [0.4, 0.5) is 4.79 Å². The van der Waals surface area contributed by atoms with Crippen LogP contribution < -0.4 is 4.74 Å². The van der Waals surface area contributed by atoms with E-state index in [1.165, 1.54) is 0 Å². The molecule has 0 saturated carbocycles. The van der Waals surface area contributed by atoms with Crippen molar-refractivity contribution in [1.29, 1.82) is 5.26 Å². The Morgan fingerprint density at radius 2 is 1.95 bits per heavy atom. The third kappa shape index (κ3) is 5.65. The number of hydrogen-bond acceptors (Lipinski definition) is 8. The summed E-state index contributed by atoms with van der Waals surface area (Å²) in [4.78, 5) is 32.5. The Kier molecular flexibility index (Phi) is 7.76. The minimum absolute atomic E-state index is 0.176. The number of piperazine rings is 2. The number of ether oxygens (including phenoxy) is 3. The fraction of sp³-hybridized carbons (Fsp3) is 0.516. The normalized spacial score (nSPS) is 21.3. The average Bonchev–Trinajstić information content (AvgIpc) is 3.31. The zero-order chi connectivity index (χ0) is 28.6. The average molecular weight is 547 g/mol. The Hall–Kier alpha value is -3.61. The summed E-state index contributed by atoms with van der Waals surface area (Å²) in [5.74, 6) is 0.321. The van der Waals surface area contributed by atoms with Gasteiger partial charge in [-0.3, -0.25) is 9.80 Å². The molecule has 0 bridgehead atoms. The first-order valence-electron chi connectivity index (χ1n) is 13.9. The second kappa shape index (κ2) is 11.1. The number of amides is 1. The molecule has 212 valence electrons. The van der Waals surface area contributed by atoms with Gasteiger partial charge in [0, 0.05) is 50.9 Å². The molecule has 2 fully saturated rings. The van der Waals surface area contributed by atoms with E-state index in [1.54, 1.807) is 7.11 Å². The third-order valence-electron chi connectivity index (χ3n) is 8.18. The van der Waals surface area contributed by atoms with Gasteiger partial charge in [-0.15, -0.1) is 0 Å². The molecule has 0 aliphatic carbocycles. The van der Waals surface area contributed by atoms with Crippen molar-refractivity contribution in [3.8, 4) is 11.8 Å². The predicted octanol–water partition coefficient (Wildman–Crippen LogP) is 4.07. The van der Waals surface area contributed by atoms with E-state index in [0.29, 0.717) is 30.0 Å². The number of nitrogens with zero attached hydrogens (tertiary/aromatic N) is 4. The maximum Gasteiger partial charge on any atom is 0.410 e. The number of carbonyl (C=O) groups excluding carboxylic acids is 2. The molecule has 2 saturated heterocycles. The van der Waals surface area contributed by atoms with E-state index in [1.807, 2.05) is 62.9 Å². The Labute approximate surface area is 236 Å². The van der Waals surface area contributed by atoms with Crippen molar-refractivity contribution in [3.05, 3.63) is 63.7 Å². The lowest BCUT2D eigenvalue weighted by Gasteiger charge is -2.51. The molecule has 2 aromatic rings. The molecule has 0 radical (unpaired) electrons. The fourth-order valence-corrected chi connectivity index (χ4v) is 6.04. The van der Waals surface area contributed by atoms with Crippen molar-refractivity contribution in [3.63, 3.8) is 0 Å². The zero-order valence-electron chi connectivity index (χ0n) is 24.0. The van der Waals surface area contributed by atoms with Gasteiger partial charge in [0.25, 0.3) is 0 Å². The van der Waals surface area contributed by atoms with Crippen LogP contribution in [-0.2, 0) is 22.5 Å². The van der Waals surface area contributed by atoms with Gasteiger partial charge in [-0.05, 0) is 69.0 Å². The molecule has 1 amide bonds. The minimum atomic E-state index is -0.604. The quantitative estimate of drug-likeness (QED) is 0.518. The van der Waals surface area contributed by atoms with Gasteiger partial charge >= 0.3 is 12.1 Å². The minimum Gasteiger partial charge on any atom is -0.495 e. The van der Waals surface area contributed by atoms with Crippen LogP contribution in [0, 0.1) is 18.3 Å². The predicted molar refractivity (Wildman–Crippen MR) is 149 cm³/mol. The van der Waals surface area contributed by atoms with Gasteiger partial charge in [0.15, 0.2) is 0 Å². The van der Waals surface area contributed by atoms with Gasteiger partial charge in [-0.2, -0.15) is 5.26 Å². The first kappa shape index (κ1) is 27.9. The van der Waals surface area contributed by atoms with E-state index in [0.717, 1.165) is 54.9 Å². The smallest absolute Gasteiger partial charge is 0.410 e. The first-order valence-corrected chi connectivity index (χ1v) is 13.9. The third-order valence-corrected chi connectivity index (χ3v) is 8.18. The van der Waals surface area contributed by atoms with Crippen molar-refractivity contribution in [2.45, 2.75) is 58.4 Å². The lowest BCUT2D eigenvalue weighted by molar-refractivity contribution is -0.0370. The molecule has 2 aromatic carbocycles. The maximum atomic E-state index is 13.5. The van der Waals surface area contributed by atoms with Crippen molar-refractivity contribution in [2.24, 2.45) is 0 Å². The van der Waals surface area contributed by atoms with Crippen LogP contribution in [0.15, 0.2) is 30.3 Å². The molecule has 2 unspecified atom stereocenters. The molecule has 0 aromatic heterocycles. The van der Waals surface area contributed by atoms with Gasteiger partial charge in [0.2, 0.25) is 0 Å². The molecule has 0 spiro atoms. The summed E-state index contributed by atoms with van der Waals surface area (Å²) in [7, 11) is 1.59. The number of rotatable bonds is 5. The van der Waals surface area contributed by atoms with Crippen LogP contribution in [0.1, 0.15) is 65.0 Å². The summed E-state index contributed by atoms with van der Waals surface area (Å²) >= 11 is 0. The van der Waals surface area contributed by atoms with Crippen molar-refractivity contribution in [1.82, 2.24) is 14.7 Å². The Bertz CT molecular complexity index is 1340. The second-order valence-corrected chi connectivity index (χ2v) is 11.9. The molecule has 3 aliphatic rings. The highest BCUT2D eigenvalue weighted by molar-refractivity contribution is 5.94. The highest BCUT2D eigenvalue weighted by atomic mass is 16.6. The van der Waals surface area contributed by atoms with E-state index >= 15 is 0 Å². The van der Waals surface area contributed by atoms with Crippen LogP contribution in [0.2, 0.25) is 0 Å². The van der Waals surface area contributed by atoms with E-state index in [9.17, 15) is 14.9 Å². The van der Waals surface area contributed by atoms with Crippen molar-refractivity contribution >= 4 is 12.1 Å². The lowest BCUT2D eigenvalue weighted by atomic mass is 9.90. The van der Waals surface area contributed by atoms with Crippen LogP contribution in [-0.4, -0.2) is 84.8 Å². The van der Waals surface area contributed by atoms with Gasteiger partial charge in [-0.25, -0.2) is 9.59 Å².